The number of aliphatic hydroxyl groups excluding tert-OH is 1. The van der Waals surface area contributed by atoms with Crippen molar-refractivity contribution in [2.24, 2.45) is 5.92 Å². The minimum atomic E-state index is -3.57. The van der Waals surface area contributed by atoms with E-state index in [-0.39, 0.29) is 24.9 Å². The first-order valence-corrected chi connectivity index (χ1v) is 10.1. The third-order valence-corrected chi connectivity index (χ3v) is 7.07. The van der Waals surface area contributed by atoms with Crippen molar-refractivity contribution >= 4 is 21.7 Å². The van der Waals surface area contributed by atoms with Crippen LogP contribution in [0.1, 0.15) is 47.5 Å². The maximum Gasteiger partial charge on any atom is 0.237 e. The lowest BCUT2D eigenvalue weighted by Crippen LogP contribution is -2.45. The van der Waals surface area contributed by atoms with Crippen molar-refractivity contribution in [3.63, 3.8) is 0 Å². The van der Waals surface area contributed by atoms with Crippen LogP contribution in [0.2, 0.25) is 0 Å². The quantitative estimate of drug-likeness (QED) is 0.708. The SMILES string of the molecule is CCC(CC)C(=O)N[C@@H]1CN(C(=O)CS(=O)(=O)C(C)(C)C)C[C@H]1O. The molecule has 0 aliphatic carbocycles. The second-order valence-corrected chi connectivity index (χ2v) is 10.1. The molecule has 2 N–H and O–H groups in total. The van der Waals surface area contributed by atoms with E-state index in [0.29, 0.717) is 12.8 Å². The van der Waals surface area contributed by atoms with Gasteiger partial charge in [0, 0.05) is 19.0 Å². The van der Waals surface area contributed by atoms with Gasteiger partial charge in [0.05, 0.1) is 16.9 Å². The molecule has 2 amide bonds. The molecular formula is C16H30N2O5S. The van der Waals surface area contributed by atoms with Crippen molar-refractivity contribution in [3.8, 4) is 0 Å². The third kappa shape index (κ3) is 4.92. The first-order valence-electron chi connectivity index (χ1n) is 8.41. The van der Waals surface area contributed by atoms with Crippen molar-refractivity contribution in [2.45, 2.75) is 64.4 Å². The van der Waals surface area contributed by atoms with Crippen molar-refractivity contribution in [1.82, 2.24) is 10.2 Å². The highest BCUT2D eigenvalue weighted by atomic mass is 32.2. The Morgan fingerprint density at radius 2 is 1.75 bits per heavy atom. The topological polar surface area (TPSA) is 104 Å². The minimum Gasteiger partial charge on any atom is -0.389 e. The maximum absolute atomic E-state index is 12.3. The zero-order valence-electron chi connectivity index (χ0n) is 15.2. The highest BCUT2D eigenvalue weighted by Gasteiger charge is 2.39. The molecule has 7 nitrogen and oxygen atoms in total. The van der Waals surface area contributed by atoms with Crippen LogP contribution in [0.15, 0.2) is 0 Å². The van der Waals surface area contributed by atoms with Crippen LogP contribution in [-0.4, -0.2) is 66.0 Å². The number of β-amino-alcohol motifs (C(OH)–C–C–N with tert-alkyl or cyclic N) is 1. The van der Waals surface area contributed by atoms with Gasteiger partial charge in [0.2, 0.25) is 11.8 Å². The molecule has 0 aromatic carbocycles. The molecule has 1 aliphatic heterocycles. The Bertz CT molecular complexity index is 564. The van der Waals surface area contributed by atoms with Crippen LogP contribution in [0.5, 0.6) is 0 Å². The molecule has 1 saturated heterocycles. The molecule has 1 fully saturated rings. The van der Waals surface area contributed by atoms with Gasteiger partial charge in [0.1, 0.15) is 5.75 Å². The number of sulfone groups is 1. The van der Waals surface area contributed by atoms with Crippen molar-refractivity contribution < 1.29 is 23.1 Å². The predicted molar refractivity (Wildman–Crippen MR) is 92.1 cm³/mol. The van der Waals surface area contributed by atoms with E-state index >= 15 is 0 Å². The van der Waals surface area contributed by atoms with Crippen molar-refractivity contribution in [3.05, 3.63) is 0 Å². The van der Waals surface area contributed by atoms with Crippen LogP contribution in [-0.2, 0) is 19.4 Å². The van der Waals surface area contributed by atoms with Crippen LogP contribution in [0.3, 0.4) is 0 Å². The van der Waals surface area contributed by atoms with Gasteiger partial charge in [-0.15, -0.1) is 0 Å². The Hall–Kier alpha value is -1.15. The van der Waals surface area contributed by atoms with E-state index in [9.17, 15) is 23.1 Å². The number of likely N-dealkylation sites (tertiary alicyclic amines) is 1. The zero-order chi connectivity index (χ0) is 18.7. The summed E-state index contributed by atoms with van der Waals surface area (Å²) in [4.78, 5) is 25.7. The summed E-state index contributed by atoms with van der Waals surface area (Å²) < 4.78 is 23.3. The first-order chi connectivity index (χ1) is 10.9. The molecule has 8 heteroatoms. The largest absolute Gasteiger partial charge is 0.389 e. The van der Waals surface area contributed by atoms with Gasteiger partial charge >= 0.3 is 0 Å². The summed E-state index contributed by atoms with van der Waals surface area (Å²) in [6, 6.07) is -0.556. The molecule has 2 atom stereocenters. The van der Waals surface area contributed by atoms with E-state index < -0.39 is 38.4 Å². The fraction of sp³-hybridized carbons (Fsp3) is 0.875. The minimum absolute atomic E-state index is 0.0341. The van der Waals surface area contributed by atoms with Crippen LogP contribution in [0.4, 0.5) is 0 Å². The molecule has 0 unspecified atom stereocenters. The summed E-state index contributed by atoms with van der Waals surface area (Å²) in [7, 11) is -3.57. The fourth-order valence-electron chi connectivity index (χ4n) is 2.56. The molecule has 0 bridgehead atoms. The van der Waals surface area contributed by atoms with E-state index in [2.05, 4.69) is 5.32 Å². The summed E-state index contributed by atoms with van der Waals surface area (Å²) in [5.41, 5.74) is 0. The normalized spacial score (nSPS) is 22.0. The van der Waals surface area contributed by atoms with Gasteiger partial charge in [-0.3, -0.25) is 9.59 Å². The number of hydrogen-bond acceptors (Lipinski definition) is 5. The van der Waals surface area contributed by atoms with Gasteiger partial charge in [0.15, 0.2) is 9.84 Å². The summed E-state index contributed by atoms with van der Waals surface area (Å²) in [6.45, 7) is 8.66. The summed E-state index contributed by atoms with van der Waals surface area (Å²) in [5.74, 6) is -1.39. The highest BCUT2D eigenvalue weighted by Crippen LogP contribution is 2.19. The Balaban J connectivity index is 2.69. The summed E-state index contributed by atoms with van der Waals surface area (Å²) >= 11 is 0. The van der Waals surface area contributed by atoms with Crippen LogP contribution >= 0.6 is 0 Å². The van der Waals surface area contributed by atoms with Gasteiger partial charge in [0.25, 0.3) is 0 Å². The number of nitrogens with zero attached hydrogens (tertiary/aromatic N) is 1. The Labute approximate surface area is 144 Å². The molecular weight excluding hydrogens is 332 g/mol. The van der Waals surface area contributed by atoms with E-state index in [1.807, 2.05) is 13.8 Å². The van der Waals surface area contributed by atoms with E-state index in [1.54, 1.807) is 20.8 Å². The van der Waals surface area contributed by atoms with Gasteiger partial charge in [-0.1, -0.05) is 13.8 Å². The van der Waals surface area contributed by atoms with Crippen LogP contribution in [0.25, 0.3) is 0 Å². The molecule has 140 valence electrons. The van der Waals surface area contributed by atoms with Crippen LogP contribution < -0.4 is 5.32 Å². The molecule has 1 rings (SSSR count). The number of carbonyl (C=O) groups is 2. The van der Waals surface area contributed by atoms with Crippen molar-refractivity contribution in [2.75, 3.05) is 18.8 Å². The standard InChI is InChI=1S/C16H30N2O5S/c1-6-11(7-2)15(21)17-12-8-18(9-13(12)19)14(20)10-24(22,23)16(3,4)5/h11-13,19H,6-10H2,1-5H3,(H,17,21)/t12-,13-/m1/s1. The number of amides is 2. The lowest BCUT2D eigenvalue weighted by Gasteiger charge is -2.22. The molecule has 1 aliphatic rings. The number of nitrogens with one attached hydrogen (secondary N) is 1. The highest BCUT2D eigenvalue weighted by molar-refractivity contribution is 7.93. The number of hydrogen-bond donors (Lipinski definition) is 2. The summed E-state index contributed by atoms with van der Waals surface area (Å²) in [6.07, 6.45) is 0.527. The average molecular weight is 362 g/mol. The third-order valence-electron chi connectivity index (χ3n) is 4.57. The lowest BCUT2D eigenvalue weighted by molar-refractivity contribution is -0.128. The average Bonchev–Trinajstić information content (AvgIpc) is 2.80. The number of aliphatic hydroxyl groups is 1. The lowest BCUT2D eigenvalue weighted by atomic mass is 10.0. The van der Waals surface area contributed by atoms with E-state index in [4.69, 9.17) is 0 Å². The number of carbonyl (C=O) groups excluding carboxylic acids is 2. The van der Waals surface area contributed by atoms with Gasteiger partial charge in [-0.2, -0.15) is 0 Å². The molecule has 0 saturated carbocycles. The Morgan fingerprint density at radius 1 is 1.21 bits per heavy atom. The number of rotatable bonds is 6. The Kier molecular flexibility index (Phi) is 6.81. The Morgan fingerprint density at radius 3 is 2.21 bits per heavy atom. The maximum atomic E-state index is 12.3. The van der Waals surface area contributed by atoms with Gasteiger partial charge in [-0.25, -0.2) is 8.42 Å². The molecule has 0 radical (unpaired) electrons. The molecule has 0 spiro atoms. The van der Waals surface area contributed by atoms with E-state index in [0.717, 1.165) is 0 Å². The predicted octanol–water partition coefficient (Wildman–Crippen LogP) is 0.324. The van der Waals surface area contributed by atoms with E-state index in [1.165, 1.54) is 4.90 Å². The van der Waals surface area contributed by atoms with Gasteiger partial charge in [-0.05, 0) is 33.6 Å². The monoisotopic (exact) mass is 362 g/mol. The molecule has 0 aromatic rings. The fourth-order valence-corrected chi connectivity index (χ4v) is 3.50. The molecule has 24 heavy (non-hydrogen) atoms. The van der Waals surface area contributed by atoms with Gasteiger partial charge < -0.3 is 15.3 Å². The second-order valence-electron chi connectivity index (χ2n) is 7.37. The second kappa shape index (κ2) is 7.82. The van der Waals surface area contributed by atoms with Crippen molar-refractivity contribution in [1.29, 1.82) is 0 Å². The molecule has 0 aromatic heterocycles. The van der Waals surface area contributed by atoms with Crippen LogP contribution in [0, 0.1) is 5.92 Å². The first kappa shape index (κ1) is 20.9. The zero-order valence-corrected chi connectivity index (χ0v) is 16.0. The molecule has 1 heterocycles. The summed E-state index contributed by atoms with van der Waals surface area (Å²) in [5, 5.41) is 12.9. The smallest absolute Gasteiger partial charge is 0.237 e.